The lowest BCUT2D eigenvalue weighted by atomic mass is 10.0. The van der Waals surface area contributed by atoms with Crippen molar-refractivity contribution in [2.45, 2.75) is 38.0 Å². The third-order valence-electron chi connectivity index (χ3n) is 4.10. The van der Waals surface area contributed by atoms with Gasteiger partial charge in [0.1, 0.15) is 12.3 Å². The fraction of sp³-hybridized carbons (Fsp3) is 0.714. The Balaban J connectivity index is 2.02. The van der Waals surface area contributed by atoms with Crippen LogP contribution in [0.1, 0.15) is 42.2 Å². The Labute approximate surface area is 124 Å². The SMILES string of the molecule is CC(O)C(N)c1nc(C(=O)N(C)C2CCN(C)CC2)co1. The van der Waals surface area contributed by atoms with Crippen LogP contribution in [0.4, 0.5) is 0 Å². The van der Waals surface area contributed by atoms with Gasteiger partial charge in [-0.25, -0.2) is 4.98 Å². The van der Waals surface area contributed by atoms with Crippen LogP contribution in [0.5, 0.6) is 0 Å². The van der Waals surface area contributed by atoms with Crippen LogP contribution in [0, 0.1) is 0 Å². The summed E-state index contributed by atoms with van der Waals surface area (Å²) in [7, 11) is 3.88. The number of carbonyl (C=O) groups excluding carboxylic acids is 1. The van der Waals surface area contributed by atoms with Gasteiger partial charge < -0.3 is 25.1 Å². The zero-order valence-electron chi connectivity index (χ0n) is 12.8. The molecule has 118 valence electrons. The number of carbonyl (C=O) groups is 1. The minimum atomic E-state index is -0.779. The van der Waals surface area contributed by atoms with Crippen molar-refractivity contribution in [1.29, 1.82) is 0 Å². The van der Waals surface area contributed by atoms with Crippen molar-refractivity contribution in [3.63, 3.8) is 0 Å². The first-order valence-corrected chi connectivity index (χ1v) is 7.25. The lowest BCUT2D eigenvalue weighted by Gasteiger charge is -2.34. The summed E-state index contributed by atoms with van der Waals surface area (Å²) in [5, 5.41) is 9.44. The Morgan fingerprint density at radius 2 is 2.19 bits per heavy atom. The van der Waals surface area contributed by atoms with Gasteiger partial charge >= 0.3 is 0 Å². The molecule has 0 aromatic carbocycles. The van der Waals surface area contributed by atoms with E-state index in [1.54, 1.807) is 18.9 Å². The summed E-state index contributed by atoms with van der Waals surface area (Å²) in [4.78, 5) is 20.5. The Morgan fingerprint density at radius 1 is 1.57 bits per heavy atom. The van der Waals surface area contributed by atoms with Gasteiger partial charge in [0.2, 0.25) is 5.89 Å². The van der Waals surface area contributed by atoms with Crippen molar-refractivity contribution in [3.8, 4) is 0 Å². The van der Waals surface area contributed by atoms with Gasteiger partial charge in [-0.3, -0.25) is 4.79 Å². The van der Waals surface area contributed by atoms with Crippen molar-refractivity contribution < 1.29 is 14.3 Å². The molecule has 21 heavy (non-hydrogen) atoms. The average Bonchev–Trinajstić information content (AvgIpc) is 2.95. The highest BCUT2D eigenvalue weighted by molar-refractivity contribution is 5.92. The molecule has 1 aliphatic rings. The molecule has 2 atom stereocenters. The fourth-order valence-electron chi connectivity index (χ4n) is 2.47. The minimum Gasteiger partial charge on any atom is -0.446 e. The molecule has 1 aromatic rings. The second kappa shape index (κ2) is 6.55. The fourth-order valence-corrected chi connectivity index (χ4v) is 2.47. The molecule has 0 spiro atoms. The van der Waals surface area contributed by atoms with Crippen molar-refractivity contribution in [2.24, 2.45) is 5.73 Å². The van der Waals surface area contributed by atoms with E-state index in [4.69, 9.17) is 10.2 Å². The normalized spacial score (nSPS) is 20.2. The maximum Gasteiger partial charge on any atom is 0.275 e. The van der Waals surface area contributed by atoms with Gasteiger partial charge in [0, 0.05) is 13.1 Å². The Kier molecular flexibility index (Phi) is 4.97. The quantitative estimate of drug-likeness (QED) is 0.825. The van der Waals surface area contributed by atoms with Crippen molar-refractivity contribution in [1.82, 2.24) is 14.8 Å². The van der Waals surface area contributed by atoms with Crippen LogP contribution in [-0.4, -0.2) is 65.1 Å². The van der Waals surface area contributed by atoms with Gasteiger partial charge in [0.25, 0.3) is 5.91 Å². The number of hydrogen-bond acceptors (Lipinski definition) is 6. The van der Waals surface area contributed by atoms with Crippen LogP contribution in [0.15, 0.2) is 10.7 Å². The first-order chi connectivity index (χ1) is 9.90. The van der Waals surface area contributed by atoms with Crippen molar-refractivity contribution in [2.75, 3.05) is 27.2 Å². The second-order valence-corrected chi connectivity index (χ2v) is 5.79. The van der Waals surface area contributed by atoms with Gasteiger partial charge in [0.15, 0.2) is 5.69 Å². The average molecular weight is 296 g/mol. The molecule has 2 rings (SSSR count). The molecule has 7 heteroatoms. The molecule has 2 unspecified atom stereocenters. The maximum absolute atomic E-state index is 12.4. The van der Waals surface area contributed by atoms with E-state index in [9.17, 15) is 9.90 Å². The number of aliphatic hydroxyl groups excluding tert-OH is 1. The van der Waals surface area contributed by atoms with Gasteiger partial charge in [-0.1, -0.05) is 0 Å². The molecule has 1 amide bonds. The number of aromatic nitrogens is 1. The number of amides is 1. The highest BCUT2D eigenvalue weighted by Crippen LogP contribution is 2.18. The van der Waals surface area contributed by atoms with Gasteiger partial charge in [-0.15, -0.1) is 0 Å². The zero-order valence-corrected chi connectivity index (χ0v) is 12.8. The third kappa shape index (κ3) is 3.61. The van der Waals surface area contributed by atoms with E-state index in [-0.39, 0.29) is 23.5 Å². The highest BCUT2D eigenvalue weighted by atomic mass is 16.3. The van der Waals surface area contributed by atoms with Gasteiger partial charge in [-0.05, 0) is 39.9 Å². The molecular weight excluding hydrogens is 272 g/mol. The highest BCUT2D eigenvalue weighted by Gasteiger charge is 2.27. The number of nitrogens with two attached hydrogens (primary N) is 1. The first-order valence-electron chi connectivity index (χ1n) is 7.25. The summed E-state index contributed by atoms with van der Waals surface area (Å²) in [5.41, 5.74) is 5.99. The van der Waals surface area contributed by atoms with Crippen molar-refractivity contribution >= 4 is 5.91 Å². The van der Waals surface area contributed by atoms with Crippen LogP contribution < -0.4 is 5.73 Å². The smallest absolute Gasteiger partial charge is 0.275 e. The largest absolute Gasteiger partial charge is 0.446 e. The van der Waals surface area contributed by atoms with Crippen molar-refractivity contribution in [3.05, 3.63) is 17.8 Å². The first kappa shape index (κ1) is 15.9. The summed E-state index contributed by atoms with van der Waals surface area (Å²) < 4.78 is 5.21. The molecule has 0 bridgehead atoms. The second-order valence-electron chi connectivity index (χ2n) is 5.79. The molecule has 1 aliphatic heterocycles. The predicted octanol–water partition coefficient (Wildman–Crippen LogP) is 0.221. The summed E-state index contributed by atoms with van der Waals surface area (Å²) >= 11 is 0. The number of piperidine rings is 1. The Morgan fingerprint density at radius 3 is 2.76 bits per heavy atom. The standard InChI is InChI=1S/C14H24N4O3/c1-9(19)12(15)13-16-11(8-21-13)14(20)18(3)10-4-6-17(2)7-5-10/h8-10,12,19H,4-7,15H2,1-3H3. The van der Waals surface area contributed by atoms with Crippen LogP contribution >= 0.6 is 0 Å². The van der Waals surface area contributed by atoms with Crippen LogP contribution in [-0.2, 0) is 0 Å². The lowest BCUT2D eigenvalue weighted by Crippen LogP contribution is -2.44. The molecule has 1 fully saturated rings. The number of aliphatic hydroxyl groups is 1. The van der Waals surface area contributed by atoms with E-state index < -0.39 is 12.1 Å². The minimum absolute atomic E-state index is 0.169. The zero-order chi connectivity index (χ0) is 15.6. The van der Waals surface area contributed by atoms with Crippen LogP contribution in [0.25, 0.3) is 0 Å². The molecule has 0 radical (unpaired) electrons. The van der Waals surface area contributed by atoms with E-state index in [1.165, 1.54) is 6.26 Å². The lowest BCUT2D eigenvalue weighted by molar-refractivity contribution is 0.0653. The van der Waals surface area contributed by atoms with E-state index in [2.05, 4.69) is 16.9 Å². The van der Waals surface area contributed by atoms with Gasteiger partial charge in [0.05, 0.1) is 6.10 Å². The van der Waals surface area contributed by atoms with E-state index >= 15 is 0 Å². The number of rotatable bonds is 4. The number of nitrogens with zero attached hydrogens (tertiary/aromatic N) is 3. The molecule has 2 heterocycles. The maximum atomic E-state index is 12.4. The van der Waals surface area contributed by atoms with E-state index in [0.29, 0.717) is 0 Å². The number of likely N-dealkylation sites (tertiary alicyclic amines) is 1. The summed E-state index contributed by atoms with van der Waals surface area (Å²) in [6.07, 6.45) is 2.44. The molecule has 3 N–H and O–H groups in total. The number of hydrogen-bond donors (Lipinski definition) is 2. The summed E-state index contributed by atoms with van der Waals surface area (Å²) in [6.45, 7) is 3.53. The third-order valence-corrected chi connectivity index (χ3v) is 4.10. The molecular formula is C14H24N4O3. The molecule has 0 aliphatic carbocycles. The van der Waals surface area contributed by atoms with E-state index in [1.807, 2.05) is 0 Å². The topological polar surface area (TPSA) is 95.8 Å². The summed E-state index contributed by atoms with van der Waals surface area (Å²) in [5.74, 6) is 0.0162. The Hall–Kier alpha value is -1.44. The predicted molar refractivity (Wildman–Crippen MR) is 77.7 cm³/mol. The molecule has 7 nitrogen and oxygen atoms in total. The number of oxazole rings is 1. The van der Waals surface area contributed by atoms with Crippen LogP contribution in [0.3, 0.4) is 0 Å². The van der Waals surface area contributed by atoms with E-state index in [0.717, 1.165) is 25.9 Å². The molecule has 0 saturated carbocycles. The molecule has 1 aromatic heterocycles. The monoisotopic (exact) mass is 296 g/mol. The molecule has 1 saturated heterocycles. The summed E-state index contributed by atoms with van der Waals surface area (Å²) in [6, 6.07) is -0.500. The Bertz CT molecular complexity index is 480. The van der Waals surface area contributed by atoms with Gasteiger partial charge in [-0.2, -0.15) is 0 Å². The van der Waals surface area contributed by atoms with Crippen LogP contribution in [0.2, 0.25) is 0 Å².